The third-order valence-corrected chi connectivity index (χ3v) is 3.72. The summed E-state index contributed by atoms with van der Waals surface area (Å²) >= 11 is 0. The lowest BCUT2D eigenvalue weighted by atomic mass is 10.1. The average molecular weight is 356 g/mol. The van der Waals surface area contributed by atoms with Gasteiger partial charge in [0.2, 0.25) is 5.88 Å². The summed E-state index contributed by atoms with van der Waals surface area (Å²) in [7, 11) is 3.19. The van der Waals surface area contributed by atoms with E-state index in [0.29, 0.717) is 42.5 Å². The summed E-state index contributed by atoms with van der Waals surface area (Å²) in [5, 5.41) is 2.90. The van der Waals surface area contributed by atoms with Crippen molar-refractivity contribution in [1.29, 1.82) is 0 Å². The topological polar surface area (TPSA) is 69.7 Å². The van der Waals surface area contributed by atoms with Gasteiger partial charge in [-0.15, -0.1) is 6.58 Å². The van der Waals surface area contributed by atoms with Crippen molar-refractivity contribution in [2.45, 2.75) is 19.9 Å². The van der Waals surface area contributed by atoms with Gasteiger partial charge < -0.3 is 19.5 Å². The summed E-state index contributed by atoms with van der Waals surface area (Å²) in [5.41, 5.74) is 2.36. The maximum atomic E-state index is 12.4. The Bertz CT molecular complexity index is 774. The van der Waals surface area contributed by atoms with Crippen LogP contribution < -0.4 is 19.5 Å². The van der Waals surface area contributed by atoms with Crippen molar-refractivity contribution in [3.8, 4) is 17.4 Å². The fourth-order valence-corrected chi connectivity index (χ4v) is 2.58. The lowest BCUT2D eigenvalue weighted by molar-refractivity contribution is 0.0950. The maximum absolute atomic E-state index is 12.4. The number of methoxy groups -OCH3 is 2. The standard InChI is InChI=1S/C20H24N2O4/c1-5-7-15-10-14(11-17(24-3)19(15)25-4)13-22-20(23)16-8-9-21-18(12-16)26-6-2/h5,8-12H,1,6-7,13H2,2-4H3,(H,22,23). The Morgan fingerprint density at radius 3 is 2.73 bits per heavy atom. The monoisotopic (exact) mass is 356 g/mol. The van der Waals surface area contributed by atoms with E-state index in [1.807, 2.05) is 19.1 Å². The van der Waals surface area contributed by atoms with Crippen molar-refractivity contribution in [3.05, 3.63) is 59.8 Å². The van der Waals surface area contributed by atoms with Crippen molar-refractivity contribution < 1.29 is 19.0 Å². The second kappa shape index (κ2) is 9.46. The number of pyridine rings is 1. The summed E-state index contributed by atoms with van der Waals surface area (Å²) in [6.45, 7) is 6.49. The number of ether oxygens (including phenoxy) is 3. The molecule has 2 aromatic rings. The van der Waals surface area contributed by atoms with Gasteiger partial charge in [0.25, 0.3) is 5.91 Å². The van der Waals surface area contributed by atoms with Crippen LogP contribution in [-0.2, 0) is 13.0 Å². The van der Waals surface area contributed by atoms with Crippen LogP contribution in [0.25, 0.3) is 0 Å². The Kier molecular flexibility index (Phi) is 7.02. The molecule has 0 fully saturated rings. The highest BCUT2D eigenvalue weighted by Gasteiger charge is 2.13. The molecular weight excluding hydrogens is 332 g/mol. The van der Waals surface area contributed by atoms with E-state index in [1.54, 1.807) is 38.6 Å². The van der Waals surface area contributed by atoms with Crippen molar-refractivity contribution >= 4 is 5.91 Å². The van der Waals surface area contributed by atoms with Gasteiger partial charge in [0.15, 0.2) is 11.5 Å². The van der Waals surface area contributed by atoms with Gasteiger partial charge in [0, 0.05) is 29.9 Å². The van der Waals surface area contributed by atoms with E-state index in [4.69, 9.17) is 14.2 Å². The van der Waals surface area contributed by atoms with Crippen LogP contribution in [0.2, 0.25) is 0 Å². The third kappa shape index (κ3) is 4.75. The molecule has 0 aliphatic carbocycles. The number of rotatable bonds is 9. The minimum Gasteiger partial charge on any atom is -0.493 e. The van der Waals surface area contributed by atoms with E-state index in [2.05, 4.69) is 16.9 Å². The smallest absolute Gasteiger partial charge is 0.251 e. The third-order valence-electron chi connectivity index (χ3n) is 3.72. The lowest BCUT2D eigenvalue weighted by Crippen LogP contribution is -2.23. The largest absolute Gasteiger partial charge is 0.493 e. The fourth-order valence-electron chi connectivity index (χ4n) is 2.58. The molecule has 138 valence electrons. The van der Waals surface area contributed by atoms with E-state index in [1.165, 1.54) is 0 Å². The van der Waals surface area contributed by atoms with Gasteiger partial charge in [0.1, 0.15) is 0 Å². The number of carbonyl (C=O) groups excluding carboxylic acids is 1. The first-order valence-electron chi connectivity index (χ1n) is 8.34. The van der Waals surface area contributed by atoms with Crippen molar-refractivity contribution in [1.82, 2.24) is 10.3 Å². The molecule has 1 aromatic heterocycles. The fraction of sp³-hybridized carbons (Fsp3) is 0.300. The molecule has 0 aliphatic heterocycles. The zero-order valence-corrected chi connectivity index (χ0v) is 15.4. The summed E-state index contributed by atoms with van der Waals surface area (Å²) < 4.78 is 16.2. The molecule has 0 aliphatic rings. The number of nitrogens with one attached hydrogen (secondary N) is 1. The molecule has 1 amide bonds. The zero-order valence-electron chi connectivity index (χ0n) is 15.4. The van der Waals surface area contributed by atoms with E-state index in [0.717, 1.165) is 11.1 Å². The Morgan fingerprint density at radius 2 is 2.08 bits per heavy atom. The van der Waals surface area contributed by atoms with Gasteiger partial charge in [0.05, 0.1) is 20.8 Å². The van der Waals surface area contributed by atoms with Gasteiger partial charge in [-0.05, 0) is 37.1 Å². The summed E-state index contributed by atoms with van der Waals surface area (Å²) in [6.07, 6.45) is 3.99. The summed E-state index contributed by atoms with van der Waals surface area (Å²) in [6, 6.07) is 7.09. The molecule has 2 rings (SSSR count). The van der Waals surface area contributed by atoms with Crippen molar-refractivity contribution in [3.63, 3.8) is 0 Å². The summed E-state index contributed by atoms with van der Waals surface area (Å²) in [5.74, 6) is 1.53. The van der Waals surface area contributed by atoms with Crippen LogP contribution in [0.5, 0.6) is 17.4 Å². The van der Waals surface area contributed by atoms with E-state index in [9.17, 15) is 4.79 Å². The number of nitrogens with zero attached hydrogens (tertiary/aromatic N) is 1. The highest BCUT2D eigenvalue weighted by atomic mass is 16.5. The van der Waals surface area contributed by atoms with Crippen LogP contribution in [0.4, 0.5) is 0 Å². The molecule has 1 heterocycles. The molecule has 0 saturated carbocycles. The lowest BCUT2D eigenvalue weighted by Gasteiger charge is -2.15. The Hall–Kier alpha value is -3.02. The van der Waals surface area contributed by atoms with Crippen molar-refractivity contribution in [2.75, 3.05) is 20.8 Å². The molecule has 0 bridgehead atoms. The van der Waals surface area contributed by atoms with Gasteiger partial charge in [-0.2, -0.15) is 0 Å². The first-order valence-corrected chi connectivity index (χ1v) is 8.34. The first-order chi connectivity index (χ1) is 12.6. The normalized spacial score (nSPS) is 10.1. The molecule has 0 spiro atoms. The molecule has 6 nitrogen and oxygen atoms in total. The molecular formula is C20H24N2O4. The molecule has 0 radical (unpaired) electrons. The second-order valence-corrected chi connectivity index (χ2v) is 5.48. The van der Waals surface area contributed by atoms with Gasteiger partial charge in [-0.1, -0.05) is 6.08 Å². The molecule has 6 heteroatoms. The number of benzene rings is 1. The SMILES string of the molecule is C=CCc1cc(CNC(=O)c2ccnc(OCC)c2)cc(OC)c1OC. The van der Waals surface area contributed by atoms with Gasteiger partial charge >= 0.3 is 0 Å². The van der Waals surface area contributed by atoms with Crippen LogP contribution in [0.15, 0.2) is 43.1 Å². The first kappa shape index (κ1) is 19.3. The Morgan fingerprint density at radius 1 is 1.27 bits per heavy atom. The number of carbonyl (C=O) groups is 1. The number of amides is 1. The van der Waals surface area contributed by atoms with E-state index < -0.39 is 0 Å². The molecule has 0 unspecified atom stereocenters. The number of allylic oxidation sites excluding steroid dienone is 1. The number of hydrogen-bond acceptors (Lipinski definition) is 5. The number of hydrogen-bond donors (Lipinski definition) is 1. The van der Waals surface area contributed by atoms with Gasteiger partial charge in [-0.25, -0.2) is 4.98 Å². The van der Waals surface area contributed by atoms with E-state index in [-0.39, 0.29) is 5.91 Å². The van der Waals surface area contributed by atoms with Crippen LogP contribution in [0.3, 0.4) is 0 Å². The van der Waals surface area contributed by atoms with Crippen molar-refractivity contribution in [2.24, 2.45) is 0 Å². The highest BCUT2D eigenvalue weighted by molar-refractivity contribution is 5.94. The van der Waals surface area contributed by atoms with E-state index >= 15 is 0 Å². The number of aromatic nitrogens is 1. The minimum absolute atomic E-state index is 0.201. The predicted octanol–water partition coefficient (Wildman–Crippen LogP) is 3.16. The predicted molar refractivity (Wildman–Crippen MR) is 100 cm³/mol. The Balaban J connectivity index is 2.15. The molecule has 0 atom stereocenters. The van der Waals surface area contributed by atoms with Crippen LogP contribution in [0, 0.1) is 0 Å². The quantitative estimate of drug-likeness (QED) is 0.699. The second-order valence-electron chi connectivity index (χ2n) is 5.48. The summed E-state index contributed by atoms with van der Waals surface area (Å²) in [4.78, 5) is 16.5. The zero-order chi connectivity index (χ0) is 18.9. The van der Waals surface area contributed by atoms with Crippen LogP contribution >= 0.6 is 0 Å². The molecule has 26 heavy (non-hydrogen) atoms. The molecule has 1 N–H and O–H groups in total. The average Bonchev–Trinajstić information content (AvgIpc) is 2.66. The molecule has 0 saturated heterocycles. The highest BCUT2D eigenvalue weighted by Crippen LogP contribution is 2.33. The van der Waals surface area contributed by atoms with Crippen LogP contribution in [-0.4, -0.2) is 31.7 Å². The minimum atomic E-state index is -0.201. The van der Waals surface area contributed by atoms with Gasteiger partial charge in [-0.3, -0.25) is 4.79 Å². The maximum Gasteiger partial charge on any atom is 0.251 e. The molecule has 1 aromatic carbocycles. The Labute approximate surface area is 153 Å². The van der Waals surface area contributed by atoms with Crippen LogP contribution in [0.1, 0.15) is 28.4 Å².